The van der Waals surface area contributed by atoms with Gasteiger partial charge in [0.2, 0.25) is 11.8 Å². The van der Waals surface area contributed by atoms with Crippen LogP contribution in [0.25, 0.3) is 27.9 Å². The predicted molar refractivity (Wildman–Crippen MR) is 212 cm³/mol. The SMILES string of the molecule is CC(C)Nc1cc(-c2ccc3cc(C#N)cnn23)ncc1C(=O)NC1CCC(CN2CCC(c3cccc4c3n(C)c(=O)n4C3CCC(=O)NC3=O)CC2)CC1. The van der Waals surface area contributed by atoms with Crippen molar-refractivity contribution in [2.45, 2.75) is 89.3 Å². The number of aromatic nitrogens is 5. The number of nitrogens with one attached hydrogen (secondary N) is 3. The van der Waals surface area contributed by atoms with Crippen molar-refractivity contribution >= 4 is 40.0 Å². The highest BCUT2D eigenvalue weighted by atomic mass is 16.2. The lowest BCUT2D eigenvalue weighted by Gasteiger charge is -2.37. The van der Waals surface area contributed by atoms with Crippen LogP contribution >= 0.6 is 0 Å². The van der Waals surface area contributed by atoms with Gasteiger partial charge in [0, 0.05) is 38.3 Å². The first kappa shape index (κ1) is 37.1. The van der Waals surface area contributed by atoms with Crippen LogP contribution in [0.15, 0.2) is 59.7 Å². The molecule has 2 saturated heterocycles. The van der Waals surface area contributed by atoms with Crippen LogP contribution in [0, 0.1) is 17.2 Å². The molecule has 2 aliphatic heterocycles. The number of likely N-dealkylation sites (tertiary alicyclic amines) is 1. The van der Waals surface area contributed by atoms with Crippen molar-refractivity contribution in [2.24, 2.45) is 13.0 Å². The van der Waals surface area contributed by atoms with Crippen molar-refractivity contribution in [3.63, 3.8) is 0 Å². The number of rotatable bonds is 9. The average Bonchev–Trinajstić information content (AvgIpc) is 3.73. The fourth-order valence-electron chi connectivity index (χ4n) is 9.03. The summed E-state index contributed by atoms with van der Waals surface area (Å²) < 4.78 is 4.99. The number of carbonyl (C=O) groups is 3. The first-order valence-corrected chi connectivity index (χ1v) is 19.8. The molecule has 0 bridgehead atoms. The van der Waals surface area contributed by atoms with Crippen LogP contribution in [0.4, 0.5) is 5.69 Å². The molecule has 3 fully saturated rings. The molecule has 1 unspecified atom stereocenters. The Hall–Kier alpha value is -5.81. The van der Waals surface area contributed by atoms with Crippen molar-refractivity contribution in [1.82, 2.24) is 39.3 Å². The molecule has 1 aliphatic carbocycles. The van der Waals surface area contributed by atoms with Gasteiger partial charge >= 0.3 is 5.69 Å². The second kappa shape index (κ2) is 15.4. The lowest BCUT2D eigenvalue weighted by Crippen LogP contribution is -2.44. The number of pyridine rings is 1. The number of aryl methyl sites for hydroxylation is 1. The topological polar surface area (TPSA) is 171 Å². The van der Waals surface area contributed by atoms with Gasteiger partial charge in [-0.15, -0.1) is 0 Å². The van der Waals surface area contributed by atoms with Crippen molar-refractivity contribution in [3.8, 4) is 17.5 Å². The third-order valence-corrected chi connectivity index (χ3v) is 11.9. The number of hydrogen-bond acceptors (Lipinski definition) is 9. The molecule has 1 aromatic carbocycles. The van der Waals surface area contributed by atoms with Crippen LogP contribution < -0.4 is 21.6 Å². The monoisotopic (exact) mass is 756 g/mol. The normalized spacial score (nSPS) is 21.0. The molecule has 3 N–H and O–H groups in total. The second-order valence-corrected chi connectivity index (χ2v) is 16.0. The minimum absolute atomic E-state index is 0.101. The molecule has 0 radical (unpaired) electrons. The van der Waals surface area contributed by atoms with Gasteiger partial charge < -0.3 is 15.5 Å². The van der Waals surface area contributed by atoms with Gasteiger partial charge in [0.1, 0.15) is 12.1 Å². The van der Waals surface area contributed by atoms with Crippen LogP contribution in [0.5, 0.6) is 0 Å². The number of para-hydroxylation sites is 1. The molecular formula is C42H48N10O4. The van der Waals surface area contributed by atoms with E-state index in [4.69, 9.17) is 0 Å². The van der Waals surface area contributed by atoms with Crippen LogP contribution in [-0.2, 0) is 16.6 Å². The van der Waals surface area contributed by atoms with E-state index in [1.807, 2.05) is 44.2 Å². The molecule has 0 spiro atoms. The molecule has 290 valence electrons. The fourth-order valence-corrected chi connectivity index (χ4v) is 9.03. The van der Waals surface area contributed by atoms with E-state index in [1.54, 1.807) is 33.0 Å². The van der Waals surface area contributed by atoms with E-state index in [0.29, 0.717) is 40.8 Å². The zero-order chi connectivity index (χ0) is 39.1. The highest BCUT2D eigenvalue weighted by Crippen LogP contribution is 2.35. The average molecular weight is 757 g/mol. The maximum Gasteiger partial charge on any atom is 0.329 e. The van der Waals surface area contributed by atoms with Gasteiger partial charge in [-0.05, 0) is 120 Å². The molecule has 56 heavy (non-hydrogen) atoms. The third kappa shape index (κ3) is 7.19. The summed E-state index contributed by atoms with van der Waals surface area (Å²) in [7, 11) is 1.77. The molecule has 6 heterocycles. The number of hydrogen-bond donors (Lipinski definition) is 3. The Labute approximate surface area is 324 Å². The van der Waals surface area contributed by atoms with E-state index in [2.05, 4.69) is 43.1 Å². The van der Waals surface area contributed by atoms with Gasteiger partial charge in [0.15, 0.2) is 0 Å². The molecule has 1 atom stereocenters. The molecule has 8 rings (SSSR count). The summed E-state index contributed by atoms with van der Waals surface area (Å²) >= 11 is 0. The Bertz CT molecular complexity index is 2420. The lowest BCUT2D eigenvalue weighted by atomic mass is 9.84. The van der Waals surface area contributed by atoms with Gasteiger partial charge in [0.25, 0.3) is 5.91 Å². The zero-order valence-electron chi connectivity index (χ0n) is 32.1. The van der Waals surface area contributed by atoms with Crippen molar-refractivity contribution < 1.29 is 14.4 Å². The van der Waals surface area contributed by atoms with E-state index < -0.39 is 11.9 Å². The summed E-state index contributed by atoms with van der Waals surface area (Å²) in [6, 6.07) is 15.1. The number of imide groups is 1. The number of carbonyl (C=O) groups excluding carboxylic acids is 3. The molecule has 3 amide bonds. The van der Waals surface area contributed by atoms with Crippen LogP contribution in [0.2, 0.25) is 0 Å². The standard InChI is InChI=1S/C42H48N10O4/c1-25(2)46-33-20-34(35-12-11-30-19-27(21-43)22-45-52(30)35)44-23-32(33)40(54)47-29-9-7-26(8-10-29)24-50-17-15-28(16-18-50)31-5-4-6-36-39(31)49(3)42(56)51(36)37-13-14-38(53)48-41(37)55/h4-6,11-12,19-20,22-23,25-26,28-29,37H,7-10,13-18,24H2,1-3H3,(H,44,46)(H,47,54)(H,48,53,55). The summed E-state index contributed by atoms with van der Waals surface area (Å²) in [5, 5.41) is 22.8. The Morgan fingerprint density at radius 3 is 2.52 bits per heavy atom. The number of imidazole rings is 1. The van der Waals surface area contributed by atoms with Crippen LogP contribution in [0.3, 0.4) is 0 Å². The predicted octanol–water partition coefficient (Wildman–Crippen LogP) is 4.89. The number of fused-ring (bicyclic) bond motifs is 2. The minimum atomic E-state index is -0.691. The van der Waals surface area contributed by atoms with E-state index in [1.165, 1.54) is 6.20 Å². The van der Waals surface area contributed by atoms with E-state index in [-0.39, 0.29) is 36.0 Å². The van der Waals surface area contributed by atoms with E-state index in [0.717, 1.165) is 86.0 Å². The van der Waals surface area contributed by atoms with Gasteiger partial charge in [0.05, 0.1) is 50.9 Å². The largest absolute Gasteiger partial charge is 0.382 e. The van der Waals surface area contributed by atoms with E-state index >= 15 is 0 Å². The van der Waals surface area contributed by atoms with Gasteiger partial charge in [-0.1, -0.05) is 12.1 Å². The summed E-state index contributed by atoms with van der Waals surface area (Å²) in [5.41, 5.74) is 6.50. The van der Waals surface area contributed by atoms with Crippen molar-refractivity contribution in [2.75, 3.05) is 25.0 Å². The van der Waals surface area contributed by atoms with Gasteiger partial charge in [-0.3, -0.25) is 33.8 Å². The summed E-state index contributed by atoms with van der Waals surface area (Å²) in [4.78, 5) is 58.9. The number of anilines is 1. The van der Waals surface area contributed by atoms with Gasteiger partial charge in [-0.2, -0.15) is 10.4 Å². The minimum Gasteiger partial charge on any atom is -0.382 e. The highest BCUT2D eigenvalue weighted by molar-refractivity contribution is 6.01. The Balaban J connectivity index is 0.866. The number of amides is 3. The molecule has 14 heteroatoms. The Morgan fingerprint density at radius 2 is 1.79 bits per heavy atom. The Kier molecular flexibility index (Phi) is 10.2. The maximum atomic E-state index is 13.7. The quantitative estimate of drug-likeness (QED) is 0.177. The molecule has 1 saturated carbocycles. The van der Waals surface area contributed by atoms with Crippen molar-refractivity contribution in [3.05, 3.63) is 82.0 Å². The zero-order valence-corrected chi connectivity index (χ0v) is 32.1. The molecule has 3 aliphatic rings. The Morgan fingerprint density at radius 1 is 1.00 bits per heavy atom. The first-order valence-electron chi connectivity index (χ1n) is 19.8. The highest BCUT2D eigenvalue weighted by Gasteiger charge is 2.33. The lowest BCUT2D eigenvalue weighted by molar-refractivity contribution is -0.135. The van der Waals surface area contributed by atoms with Crippen LogP contribution in [0.1, 0.15) is 98.7 Å². The summed E-state index contributed by atoms with van der Waals surface area (Å²) in [6.45, 7) is 7.07. The molecule has 4 aromatic heterocycles. The first-order chi connectivity index (χ1) is 27.1. The molecule has 5 aromatic rings. The number of piperidine rings is 2. The molecular weight excluding hydrogens is 709 g/mol. The van der Waals surface area contributed by atoms with Gasteiger partial charge in [-0.25, -0.2) is 9.31 Å². The maximum absolute atomic E-state index is 13.7. The van der Waals surface area contributed by atoms with Crippen LogP contribution in [-0.4, -0.2) is 78.1 Å². The van der Waals surface area contributed by atoms with E-state index in [9.17, 15) is 24.4 Å². The third-order valence-electron chi connectivity index (χ3n) is 11.9. The summed E-state index contributed by atoms with van der Waals surface area (Å²) in [5.74, 6) is 0.0332. The second-order valence-electron chi connectivity index (χ2n) is 16.0. The number of nitriles is 1. The van der Waals surface area contributed by atoms with Crippen molar-refractivity contribution in [1.29, 1.82) is 5.26 Å². The number of nitrogens with zero attached hydrogens (tertiary/aromatic N) is 7. The smallest absolute Gasteiger partial charge is 0.329 e. The summed E-state index contributed by atoms with van der Waals surface area (Å²) in [6.07, 6.45) is 9.65. The fraction of sp³-hybridized carbons (Fsp3) is 0.452. The molecule has 14 nitrogen and oxygen atoms in total. The number of benzene rings is 1.